The third-order valence-corrected chi connectivity index (χ3v) is 5.79. The smallest absolute Gasteiger partial charge is 0.234 e. The highest BCUT2D eigenvalue weighted by atomic mass is 16.2. The molecule has 4 rings (SSSR count). The number of aromatic nitrogens is 2. The minimum absolute atomic E-state index is 0.218. The molecule has 0 bridgehead atoms. The van der Waals surface area contributed by atoms with Crippen LogP contribution in [0.15, 0.2) is 79.4 Å². The Hall–Kier alpha value is -2.88. The normalized spacial score (nSPS) is 15.1. The van der Waals surface area contributed by atoms with Crippen molar-refractivity contribution in [3.05, 3.63) is 90.5 Å². The maximum atomic E-state index is 13.5. The van der Waals surface area contributed by atoms with Gasteiger partial charge in [0.15, 0.2) is 0 Å². The van der Waals surface area contributed by atoms with Crippen LogP contribution in [0.3, 0.4) is 0 Å². The van der Waals surface area contributed by atoms with Crippen molar-refractivity contribution in [3.8, 4) is 0 Å². The van der Waals surface area contributed by atoms with Crippen LogP contribution >= 0.6 is 0 Å². The Bertz CT molecular complexity index is 814. The molecule has 0 radical (unpaired) electrons. The molecule has 0 atom stereocenters. The first-order valence-electron chi connectivity index (χ1n) is 10.2. The molecule has 1 aliphatic rings. The molecule has 1 fully saturated rings. The summed E-state index contributed by atoms with van der Waals surface area (Å²) in [6.07, 6.45) is 9.03. The van der Waals surface area contributed by atoms with Crippen molar-refractivity contribution in [2.24, 2.45) is 5.92 Å². The number of carbonyl (C=O) groups is 1. The topological polar surface area (TPSA) is 38.1 Å². The van der Waals surface area contributed by atoms with Crippen LogP contribution in [0, 0.1) is 5.92 Å². The second kappa shape index (κ2) is 8.87. The van der Waals surface area contributed by atoms with Crippen LogP contribution in [0.4, 0.5) is 0 Å². The number of rotatable bonds is 6. The summed E-state index contributed by atoms with van der Waals surface area (Å²) in [6, 6.07) is 20.3. The Morgan fingerprint density at radius 2 is 1.57 bits per heavy atom. The van der Waals surface area contributed by atoms with Crippen LogP contribution in [0.5, 0.6) is 0 Å². The van der Waals surface area contributed by atoms with Crippen LogP contribution in [-0.2, 0) is 11.3 Å². The van der Waals surface area contributed by atoms with E-state index < -0.39 is 0 Å². The first kappa shape index (κ1) is 18.5. The van der Waals surface area contributed by atoms with Crippen molar-refractivity contribution in [1.82, 2.24) is 14.5 Å². The van der Waals surface area contributed by atoms with E-state index >= 15 is 0 Å². The quantitative estimate of drug-likeness (QED) is 0.644. The second-order valence-corrected chi connectivity index (χ2v) is 7.61. The lowest BCUT2D eigenvalue weighted by atomic mass is 9.88. The molecule has 2 heterocycles. The van der Waals surface area contributed by atoms with E-state index in [-0.39, 0.29) is 11.8 Å². The maximum absolute atomic E-state index is 13.5. The maximum Gasteiger partial charge on any atom is 0.234 e. The van der Waals surface area contributed by atoms with Crippen molar-refractivity contribution >= 4 is 5.91 Å². The molecule has 0 N–H and O–H groups in total. The highest BCUT2D eigenvalue weighted by Gasteiger charge is 2.30. The number of imidazole rings is 1. The zero-order valence-corrected chi connectivity index (χ0v) is 16.2. The van der Waals surface area contributed by atoms with E-state index in [1.54, 1.807) is 0 Å². The summed E-state index contributed by atoms with van der Waals surface area (Å²) in [5.41, 5.74) is 2.14. The molecule has 1 aliphatic heterocycles. The number of likely N-dealkylation sites (tertiary alicyclic amines) is 1. The monoisotopic (exact) mass is 373 g/mol. The number of carbonyl (C=O) groups excluding carboxylic acids is 1. The highest BCUT2D eigenvalue weighted by molar-refractivity contribution is 5.87. The van der Waals surface area contributed by atoms with Crippen LogP contribution in [0.1, 0.15) is 36.3 Å². The Kier molecular flexibility index (Phi) is 5.86. The Morgan fingerprint density at radius 1 is 0.964 bits per heavy atom. The zero-order chi connectivity index (χ0) is 19.2. The van der Waals surface area contributed by atoms with Crippen LogP contribution in [0.25, 0.3) is 0 Å². The molecule has 28 heavy (non-hydrogen) atoms. The van der Waals surface area contributed by atoms with Crippen molar-refractivity contribution < 1.29 is 4.79 Å². The summed E-state index contributed by atoms with van der Waals surface area (Å²) < 4.78 is 2.14. The zero-order valence-electron chi connectivity index (χ0n) is 16.2. The van der Waals surface area contributed by atoms with Crippen LogP contribution < -0.4 is 0 Å². The molecule has 0 saturated carbocycles. The molecule has 3 aromatic rings. The SMILES string of the molecule is O=C(C(c1ccccc1)c1ccccc1)N1CCC(CCn2ccnc2)CC1. The molecular weight excluding hydrogens is 346 g/mol. The van der Waals surface area contributed by atoms with Crippen LogP contribution in [-0.4, -0.2) is 33.4 Å². The van der Waals surface area contributed by atoms with E-state index in [9.17, 15) is 4.79 Å². The fraction of sp³-hybridized carbons (Fsp3) is 0.333. The molecule has 0 spiro atoms. The number of piperidine rings is 1. The van der Waals surface area contributed by atoms with E-state index in [1.807, 2.05) is 55.1 Å². The average molecular weight is 374 g/mol. The van der Waals surface area contributed by atoms with Gasteiger partial charge in [-0.1, -0.05) is 60.7 Å². The van der Waals surface area contributed by atoms with Crippen molar-refractivity contribution in [3.63, 3.8) is 0 Å². The number of amides is 1. The van der Waals surface area contributed by atoms with Gasteiger partial charge in [-0.05, 0) is 36.3 Å². The lowest BCUT2D eigenvalue weighted by molar-refractivity contribution is -0.133. The third kappa shape index (κ3) is 4.33. The van der Waals surface area contributed by atoms with Crippen molar-refractivity contribution in [2.75, 3.05) is 13.1 Å². The number of hydrogen-bond donors (Lipinski definition) is 0. The van der Waals surface area contributed by atoms with Gasteiger partial charge in [0, 0.05) is 32.0 Å². The minimum Gasteiger partial charge on any atom is -0.342 e. The first-order chi connectivity index (χ1) is 13.8. The van der Waals surface area contributed by atoms with Crippen molar-refractivity contribution in [2.45, 2.75) is 31.7 Å². The van der Waals surface area contributed by atoms with Gasteiger partial charge in [0.25, 0.3) is 0 Å². The highest BCUT2D eigenvalue weighted by Crippen LogP contribution is 2.29. The van der Waals surface area contributed by atoms with E-state index in [0.29, 0.717) is 5.92 Å². The molecule has 0 unspecified atom stereocenters. The van der Waals surface area contributed by atoms with Crippen molar-refractivity contribution in [1.29, 1.82) is 0 Å². The van der Waals surface area contributed by atoms with Gasteiger partial charge in [-0.2, -0.15) is 0 Å². The van der Waals surface area contributed by atoms with Gasteiger partial charge in [-0.3, -0.25) is 4.79 Å². The van der Waals surface area contributed by atoms with Crippen LogP contribution in [0.2, 0.25) is 0 Å². The molecule has 4 heteroatoms. The second-order valence-electron chi connectivity index (χ2n) is 7.61. The Labute approximate surface area is 166 Å². The largest absolute Gasteiger partial charge is 0.342 e. The summed E-state index contributed by atoms with van der Waals surface area (Å²) in [6.45, 7) is 2.71. The first-order valence-corrected chi connectivity index (χ1v) is 10.2. The molecule has 4 nitrogen and oxygen atoms in total. The lowest BCUT2D eigenvalue weighted by Crippen LogP contribution is -2.41. The third-order valence-electron chi connectivity index (χ3n) is 5.79. The molecular formula is C24H27N3O. The Morgan fingerprint density at radius 3 is 2.11 bits per heavy atom. The fourth-order valence-electron chi connectivity index (χ4n) is 4.14. The molecule has 0 aliphatic carbocycles. The predicted molar refractivity (Wildman–Crippen MR) is 111 cm³/mol. The molecule has 2 aromatic carbocycles. The summed E-state index contributed by atoms with van der Waals surface area (Å²) in [4.78, 5) is 19.6. The van der Waals surface area contributed by atoms with Gasteiger partial charge in [0.2, 0.25) is 5.91 Å². The number of aryl methyl sites for hydroxylation is 1. The van der Waals surface area contributed by atoms with E-state index in [0.717, 1.165) is 50.0 Å². The Balaban J connectivity index is 1.42. The lowest BCUT2D eigenvalue weighted by Gasteiger charge is -2.34. The van der Waals surface area contributed by atoms with E-state index in [1.165, 1.54) is 0 Å². The summed E-state index contributed by atoms with van der Waals surface area (Å²) in [7, 11) is 0. The van der Waals surface area contributed by atoms with Gasteiger partial charge in [0.05, 0.1) is 12.2 Å². The van der Waals surface area contributed by atoms with E-state index in [2.05, 4.69) is 38.7 Å². The van der Waals surface area contributed by atoms with Gasteiger partial charge < -0.3 is 9.47 Å². The molecule has 1 aromatic heterocycles. The molecule has 144 valence electrons. The average Bonchev–Trinajstić information content (AvgIpc) is 3.28. The standard InChI is InChI=1S/C24H27N3O/c28-24(23(21-7-3-1-4-8-21)22-9-5-2-6-10-22)27-16-12-20(13-17-27)11-15-26-18-14-25-19-26/h1-10,14,18-20,23H,11-13,15-17H2. The fourth-order valence-corrected chi connectivity index (χ4v) is 4.14. The minimum atomic E-state index is -0.218. The number of nitrogens with zero attached hydrogens (tertiary/aromatic N) is 3. The summed E-state index contributed by atoms with van der Waals surface area (Å²) >= 11 is 0. The number of benzene rings is 2. The van der Waals surface area contributed by atoms with E-state index in [4.69, 9.17) is 0 Å². The summed E-state index contributed by atoms with van der Waals surface area (Å²) in [5, 5.41) is 0. The van der Waals surface area contributed by atoms with Gasteiger partial charge in [-0.15, -0.1) is 0 Å². The van der Waals surface area contributed by atoms with Gasteiger partial charge in [-0.25, -0.2) is 4.98 Å². The molecule has 1 amide bonds. The molecule has 1 saturated heterocycles. The van der Waals surface area contributed by atoms with Gasteiger partial charge in [0.1, 0.15) is 0 Å². The number of hydrogen-bond acceptors (Lipinski definition) is 2. The summed E-state index contributed by atoms with van der Waals surface area (Å²) in [5.74, 6) is 0.689. The van der Waals surface area contributed by atoms with Gasteiger partial charge >= 0.3 is 0 Å². The predicted octanol–water partition coefficient (Wildman–Crippen LogP) is 4.34.